The van der Waals surface area contributed by atoms with Crippen molar-refractivity contribution in [2.24, 2.45) is 5.41 Å². The lowest BCUT2D eigenvalue weighted by Gasteiger charge is -2.21. The zero-order valence-corrected chi connectivity index (χ0v) is 13.0. The van der Waals surface area contributed by atoms with Gasteiger partial charge in [0.15, 0.2) is 0 Å². The van der Waals surface area contributed by atoms with E-state index in [1.807, 2.05) is 13.8 Å². The molecule has 0 atom stereocenters. The first-order valence-corrected chi connectivity index (χ1v) is 8.02. The molecule has 1 saturated heterocycles. The van der Waals surface area contributed by atoms with Gasteiger partial charge in [0.1, 0.15) is 5.82 Å². The highest BCUT2D eigenvalue weighted by atomic mass is 32.2. The van der Waals surface area contributed by atoms with Crippen LogP contribution in [0.3, 0.4) is 0 Å². The van der Waals surface area contributed by atoms with Gasteiger partial charge < -0.3 is 5.11 Å². The summed E-state index contributed by atoms with van der Waals surface area (Å²) < 4.78 is 40.4. The molecule has 0 aromatic heterocycles. The molecule has 1 N–H and O–H groups in total. The van der Waals surface area contributed by atoms with Crippen molar-refractivity contribution in [3.8, 4) is 0 Å². The summed E-state index contributed by atoms with van der Waals surface area (Å²) in [6.45, 7) is 5.96. The zero-order chi connectivity index (χ0) is 16.0. The molecule has 7 heteroatoms. The molecule has 0 spiro atoms. The molecule has 116 valence electrons. The fourth-order valence-corrected chi connectivity index (χ4v) is 4.34. The van der Waals surface area contributed by atoms with E-state index in [1.165, 1.54) is 11.2 Å². The van der Waals surface area contributed by atoms with Gasteiger partial charge in [-0.1, -0.05) is 13.8 Å². The van der Waals surface area contributed by atoms with Crippen molar-refractivity contribution in [3.05, 3.63) is 29.1 Å². The van der Waals surface area contributed by atoms with Gasteiger partial charge in [0.25, 0.3) is 0 Å². The maximum atomic E-state index is 13.8. The molecule has 0 bridgehead atoms. The molecule has 1 heterocycles. The van der Waals surface area contributed by atoms with Crippen molar-refractivity contribution >= 4 is 16.0 Å². The van der Waals surface area contributed by atoms with Crippen molar-refractivity contribution < 1.29 is 22.7 Å². The van der Waals surface area contributed by atoms with Gasteiger partial charge in [-0.05, 0) is 30.9 Å². The van der Waals surface area contributed by atoms with Crippen LogP contribution < -0.4 is 0 Å². The van der Waals surface area contributed by atoms with E-state index in [2.05, 4.69) is 0 Å². The molecular formula is C14H18FNO4S. The quantitative estimate of drug-likeness (QED) is 0.928. The van der Waals surface area contributed by atoms with E-state index in [-0.39, 0.29) is 21.4 Å². The van der Waals surface area contributed by atoms with E-state index in [9.17, 15) is 17.6 Å². The molecule has 21 heavy (non-hydrogen) atoms. The van der Waals surface area contributed by atoms with Crippen molar-refractivity contribution in [1.29, 1.82) is 0 Å². The van der Waals surface area contributed by atoms with E-state index in [1.54, 1.807) is 0 Å². The van der Waals surface area contributed by atoms with Crippen LogP contribution in [-0.2, 0) is 10.0 Å². The zero-order valence-electron chi connectivity index (χ0n) is 12.2. The lowest BCUT2D eigenvalue weighted by atomic mass is 9.93. The van der Waals surface area contributed by atoms with Crippen LogP contribution in [0.25, 0.3) is 0 Å². The summed E-state index contributed by atoms with van der Waals surface area (Å²) in [5.41, 5.74) is -0.552. The van der Waals surface area contributed by atoms with Gasteiger partial charge in [0, 0.05) is 18.7 Å². The Labute approximate surface area is 123 Å². The minimum atomic E-state index is -3.89. The van der Waals surface area contributed by atoms with Crippen LogP contribution in [-0.4, -0.2) is 36.9 Å². The number of hydrogen-bond donors (Lipinski definition) is 1. The van der Waals surface area contributed by atoms with Gasteiger partial charge in [-0.25, -0.2) is 17.6 Å². The SMILES string of the molecule is Cc1c(F)cc(C(=O)O)cc1S(=O)(=O)N1CCC(C)(C)C1. The monoisotopic (exact) mass is 315 g/mol. The Morgan fingerprint density at radius 1 is 1.38 bits per heavy atom. The highest BCUT2D eigenvalue weighted by Crippen LogP contribution is 2.34. The molecule has 1 fully saturated rings. The number of benzene rings is 1. The highest BCUT2D eigenvalue weighted by Gasteiger charge is 2.38. The summed E-state index contributed by atoms with van der Waals surface area (Å²) in [7, 11) is -3.89. The van der Waals surface area contributed by atoms with Crippen LogP contribution in [0.1, 0.15) is 36.2 Å². The van der Waals surface area contributed by atoms with Crippen molar-refractivity contribution in [3.63, 3.8) is 0 Å². The van der Waals surface area contributed by atoms with Crippen molar-refractivity contribution in [1.82, 2.24) is 4.31 Å². The molecule has 5 nitrogen and oxygen atoms in total. The van der Waals surface area contributed by atoms with Crippen molar-refractivity contribution in [2.45, 2.75) is 32.1 Å². The first-order chi connectivity index (χ1) is 9.54. The number of carbonyl (C=O) groups is 1. The average molecular weight is 315 g/mol. The molecule has 1 aromatic carbocycles. The second kappa shape index (κ2) is 5.06. The molecule has 1 aliphatic heterocycles. The second-order valence-electron chi connectivity index (χ2n) is 6.14. The van der Waals surface area contributed by atoms with Crippen LogP contribution in [0.2, 0.25) is 0 Å². The third-order valence-corrected chi connectivity index (χ3v) is 5.78. The van der Waals surface area contributed by atoms with Crippen LogP contribution in [0, 0.1) is 18.2 Å². The molecular weight excluding hydrogens is 297 g/mol. The molecule has 2 rings (SSSR count). The van der Waals surface area contributed by atoms with Gasteiger partial charge in [-0.2, -0.15) is 4.31 Å². The molecule has 0 aliphatic carbocycles. The minimum absolute atomic E-state index is 0.0512. The molecule has 0 amide bonds. The van der Waals surface area contributed by atoms with Crippen LogP contribution in [0.4, 0.5) is 4.39 Å². The Morgan fingerprint density at radius 2 is 2.00 bits per heavy atom. The maximum Gasteiger partial charge on any atom is 0.335 e. The number of rotatable bonds is 3. The Balaban J connectivity index is 2.53. The topological polar surface area (TPSA) is 74.7 Å². The summed E-state index contributed by atoms with van der Waals surface area (Å²) in [5, 5.41) is 8.96. The van der Waals surface area contributed by atoms with Gasteiger partial charge in [-0.15, -0.1) is 0 Å². The lowest BCUT2D eigenvalue weighted by Crippen LogP contribution is -2.31. The third kappa shape index (κ3) is 2.94. The number of halogens is 1. The molecule has 1 aliphatic rings. The van der Waals surface area contributed by atoms with Gasteiger partial charge in [0.05, 0.1) is 10.5 Å². The average Bonchev–Trinajstić information content (AvgIpc) is 2.73. The lowest BCUT2D eigenvalue weighted by molar-refractivity contribution is 0.0696. The number of sulfonamides is 1. The molecule has 0 unspecified atom stereocenters. The first-order valence-electron chi connectivity index (χ1n) is 6.58. The first kappa shape index (κ1) is 15.9. The smallest absolute Gasteiger partial charge is 0.335 e. The summed E-state index contributed by atoms with van der Waals surface area (Å²) in [6, 6.07) is 1.87. The fraction of sp³-hybridized carbons (Fsp3) is 0.500. The van der Waals surface area contributed by atoms with E-state index in [0.29, 0.717) is 19.5 Å². The molecule has 0 radical (unpaired) electrons. The Kier molecular flexibility index (Phi) is 3.84. The van der Waals surface area contributed by atoms with Crippen molar-refractivity contribution in [2.75, 3.05) is 13.1 Å². The van der Waals surface area contributed by atoms with E-state index >= 15 is 0 Å². The van der Waals surface area contributed by atoms with Crippen LogP contribution in [0.15, 0.2) is 17.0 Å². The van der Waals surface area contributed by atoms with Gasteiger partial charge in [0.2, 0.25) is 10.0 Å². The summed E-state index contributed by atoms with van der Waals surface area (Å²) in [4.78, 5) is 10.7. The predicted molar refractivity (Wildman–Crippen MR) is 75.3 cm³/mol. The van der Waals surface area contributed by atoms with E-state index < -0.39 is 21.8 Å². The number of hydrogen-bond acceptors (Lipinski definition) is 3. The predicted octanol–water partition coefficient (Wildman–Crippen LogP) is 2.25. The highest BCUT2D eigenvalue weighted by molar-refractivity contribution is 7.89. The third-order valence-electron chi connectivity index (χ3n) is 3.80. The number of carboxylic acid groups (broad SMARTS) is 1. The Hall–Kier alpha value is -1.47. The standard InChI is InChI=1S/C14H18FNO4S/c1-9-11(15)6-10(13(17)18)7-12(9)21(19,20)16-5-4-14(2,3)8-16/h6-7H,4-5,8H2,1-3H3,(H,17,18). The summed E-state index contributed by atoms with van der Waals surface area (Å²) in [6.07, 6.45) is 0.715. The maximum absolute atomic E-state index is 13.8. The van der Waals surface area contributed by atoms with Gasteiger partial charge >= 0.3 is 5.97 Å². The molecule has 0 saturated carbocycles. The number of nitrogens with zero attached hydrogens (tertiary/aromatic N) is 1. The summed E-state index contributed by atoms with van der Waals surface area (Å²) >= 11 is 0. The summed E-state index contributed by atoms with van der Waals surface area (Å²) in [5.74, 6) is -2.18. The fourth-order valence-electron chi connectivity index (χ4n) is 2.45. The molecule has 1 aromatic rings. The Morgan fingerprint density at radius 3 is 2.48 bits per heavy atom. The van der Waals surface area contributed by atoms with E-state index in [0.717, 1.165) is 12.1 Å². The largest absolute Gasteiger partial charge is 0.478 e. The number of carboxylic acids is 1. The normalized spacial score (nSPS) is 18.9. The van der Waals surface area contributed by atoms with Gasteiger partial charge in [-0.3, -0.25) is 0 Å². The number of aromatic carboxylic acids is 1. The van der Waals surface area contributed by atoms with Crippen LogP contribution in [0.5, 0.6) is 0 Å². The van der Waals surface area contributed by atoms with E-state index in [4.69, 9.17) is 5.11 Å². The Bertz CT molecular complexity index is 697. The minimum Gasteiger partial charge on any atom is -0.478 e. The second-order valence-corrected chi connectivity index (χ2v) is 8.05. The van der Waals surface area contributed by atoms with Crippen LogP contribution >= 0.6 is 0 Å².